The predicted molar refractivity (Wildman–Crippen MR) is 101 cm³/mol. The number of benzene rings is 2. The fourth-order valence-electron chi connectivity index (χ4n) is 2.06. The van der Waals surface area contributed by atoms with E-state index in [-0.39, 0.29) is 12.5 Å². The predicted octanol–water partition coefficient (Wildman–Crippen LogP) is 3.00. The molecule has 8 heteroatoms. The standard InChI is InChI=1S/C18H19BrN2O5/c1-23-13-5-4-6-14(9-13)26-11-17(22)21-20-10-12-7-15(19)18(25-3)16(8-12)24-2/h4-10H,11H2,1-3H3,(H,21,22)/b20-10+. The van der Waals surface area contributed by atoms with Crippen LogP contribution in [0.25, 0.3) is 0 Å². The number of hydrazone groups is 1. The Morgan fingerprint density at radius 3 is 2.58 bits per heavy atom. The Bertz CT molecular complexity index is 795. The average molecular weight is 423 g/mol. The van der Waals surface area contributed by atoms with Crippen molar-refractivity contribution in [1.82, 2.24) is 5.43 Å². The highest BCUT2D eigenvalue weighted by atomic mass is 79.9. The number of hydrogen-bond donors (Lipinski definition) is 1. The number of carbonyl (C=O) groups excluding carboxylic acids is 1. The molecule has 0 unspecified atom stereocenters. The number of nitrogens with zero attached hydrogens (tertiary/aromatic N) is 1. The molecule has 0 aliphatic heterocycles. The molecule has 0 fully saturated rings. The van der Waals surface area contributed by atoms with E-state index < -0.39 is 0 Å². The molecule has 2 aromatic carbocycles. The highest BCUT2D eigenvalue weighted by Gasteiger charge is 2.09. The van der Waals surface area contributed by atoms with Gasteiger partial charge in [-0.1, -0.05) is 6.07 Å². The van der Waals surface area contributed by atoms with Crippen molar-refractivity contribution in [2.24, 2.45) is 5.10 Å². The molecule has 0 saturated carbocycles. The first-order chi connectivity index (χ1) is 12.6. The lowest BCUT2D eigenvalue weighted by Crippen LogP contribution is -2.24. The molecule has 0 spiro atoms. The summed E-state index contributed by atoms with van der Waals surface area (Å²) in [7, 11) is 4.66. The van der Waals surface area contributed by atoms with Crippen LogP contribution in [-0.4, -0.2) is 40.1 Å². The maximum absolute atomic E-state index is 11.8. The number of hydrogen-bond acceptors (Lipinski definition) is 6. The Labute approximate surface area is 160 Å². The second-order valence-electron chi connectivity index (χ2n) is 5.00. The summed E-state index contributed by atoms with van der Waals surface area (Å²) in [5.74, 6) is 1.94. The van der Waals surface area contributed by atoms with Gasteiger partial charge in [-0.3, -0.25) is 4.79 Å². The van der Waals surface area contributed by atoms with E-state index in [1.165, 1.54) is 6.21 Å². The SMILES string of the molecule is COc1cccc(OCC(=O)N/N=C/c2cc(Br)c(OC)c(OC)c2)c1. The zero-order chi connectivity index (χ0) is 18.9. The summed E-state index contributed by atoms with van der Waals surface area (Å²) in [5, 5.41) is 3.91. The second-order valence-corrected chi connectivity index (χ2v) is 5.85. The molecular formula is C18H19BrN2O5. The van der Waals surface area contributed by atoms with Gasteiger partial charge >= 0.3 is 0 Å². The van der Waals surface area contributed by atoms with Gasteiger partial charge in [0.25, 0.3) is 5.91 Å². The van der Waals surface area contributed by atoms with E-state index in [1.54, 1.807) is 57.7 Å². The largest absolute Gasteiger partial charge is 0.497 e. The lowest BCUT2D eigenvalue weighted by molar-refractivity contribution is -0.123. The summed E-state index contributed by atoms with van der Waals surface area (Å²) in [6.07, 6.45) is 1.50. The number of halogens is 1. The van der Waals surface area contributed by atoms with E-state index in [0.717, 1.165) is 5.56 Å². The Balaban J connectivity index is 1.91. The Morgan fingerprint density at radius 1 is 1.12 bits per heavy atom. The van der Waals surface area contributed by atoms with E-state index in [1.807, 2.05) is 0 Å². The third-order valence-electron chi connectivity index (χ3n) is 3.27. The highest BCUT2D eigenvalue weighted by molar-refractivity contribution is 9.10. The summed E-state index contributed by atoms with van der Waals surface area (Å²) >= 11 is 3.40. The summed E-state index contributed by atoms with van der Waals surface area (Å²) < 4.78 is 21.7. The molecule has 0 bridgehead atoms. The van der Waals surface area contributed by atoms with E-state index in [0.29, 0.717) is 27.5 Å². The van der Waals surface area contributed by atoms with Crippen molar-refractivity contribution in [1.29, 1.82) is 0 Å². The summed E-state index contributed by atoms with van der Waals surface area (Å²) in [5.41, 5.74) is 3.13. The van der Waals surface area contributed by atoms with Gasteiger partial charge < -0.3 is 18.9 Å². The molecular weight excluding hydrogens is 404 g/mol. The smallest absolute Gasteiger partial charge is 0.277 e. The number of nitrogens with one attached hydrogen (secondary N) is 1. The van der Waals surface area contributed by atoms with Crippen molar-refractivity contribution in [3.05, 3.63) is 46.4 Å². The minimum Gasteiger partial charge on any atom is -0.497 e. The molecule has 0 heterocycles. The second kappa shape index (κ2) is 9.67. The van der Waals surface area contributed by atoms with Crippen molar-refractivity contribution in [3.8, 4) is 23.0 Å². The normalized spacial score (nSPS) is 10.5. The van der Waals surface area contributed by atoms with Crippen LogP contribution in [-0.2, 0) is 4.79 Å². The van der Waals surface area contributed by atoms with Crippen LogP contribution in [0.4, 0.5) is 0 Å². The number of carbonyl (C=O) groups is 1. The van der Waals surface area contributed by atoms with E-state index in [9.17, 15) is 4.79 Å². The molecule has 0 saturated heterocycles. The van der Waals surface area contributed by atoms with Crippen molar-refractivity contribution in [2.75, 3.05) is 27.9 Å². The first kappa shape index (κ1) is 19.6. The molecule has 1 amide bonds. The molecule has 1 N–H and O–H groups in total. The molecule has 26 heavy (non-hydrogen) atoms. The lowest BCUT2D eigenvalue weighted by Gasteiger charge is -2.10. The third-order valence-corrected chi connectivity index (χ3v) is 3.86. The molecule has 2 aromatic rings. The molecule has 0 atom stereocenters. The van der Waals surface area contributed by atoms with Gasteiger partial charge in [-0.15, -0.1) is 0 Å². The highest BCUT2D eigenvalue weighted by Crippen LogP contribution is 2.35. The minimum absolute atomic E-state index is 0.167. The summed E-state index contributed by atoms with van der Waals surface area (Å²) in [6, 6.07) is 10.5. The van der Waals surface area contributed by atoms with Crippen LogP contribution in [0.2, 0.25) is 0 Å². The number of rotatable bonds is 8. The van der Waals surface area contributed by atoms with E-state index >= 15 is 0 Å². The monoisotopic (exact) mass is 422 g/mol. The Morgan fingerprint density at radius 2 is 1.88 bits per heavy atom. The van der Waals surface area contributed by atoms with Crippen molar-refractivity contribution >= 4 is 28.1 Å². The molecule has 0 aliphatic rings. The van der Waals surface area contributed by atoms with Crippen LogP contribution in [0.1, 0.15) is 5.56 Å². The third kappa shape index (κ3) is 5.38. The van der Waals surface area contributed by atoms with Gasteiger partial charge in [-0.25, -0.2) is 5.43 Å². The van der Waals surface area contributed by atoms with Gasteiger partial charge in [0, 0.05) is 6.07 Å². The molecule has 0 aromatic heterocycles. The summed E-state index contributed by atoms with van der Waals surface area (Å²) in [6.45, 7) is -0.167. The van der Waals surface area contributed by atoms with Gasteiger partial charge in [0.15, 0.2) is 18.1 Å². The summed E-state index contributed by atoms with van der Waals surface area (Å²) in [4.78, 5) is 11.8. The van der Waals surface area contributed by atoms with Gasteiger partial charge in [0.2, 0.25) is 0 Å². The molecule has 0 aliphatic carbocycles. The topological polar surface area (TPSA) is 78.4 Å². The van der Waals surface area contributed by atoms with Crippen molar-refractivity contribution in [2.45, 2.75) is 0 Å². The van der Waals surface area contributed by atoms with Crippen molar-refractivity contribution in [3.63, 3.8) is 0 Å². The zero-order valence-electron chi connectivity index (χ0n) is 14.6. The fraction of sp³-hybridized carbons (Fsp3) is 0.222. The maximum atomic E-state index is 11.8. The van der Waals surface area contributed by atoms with Gasteiger partial charge in [-0.05, 0) is 45.8 Å². The quantitative estimate of drug-likeness (QED) is 0.522. The van der Waals surface area contributed by atoms with Crippen LogP contribution < -0.4 is 24.4 Å². The van der Waals surface area contributed by atoms with E-state index in [2.05, 4.69) is 26.5 Å². The van der Waals surface area contributed by atoms with Crippen LogP contribution in [0.15, 0.2) is 46.0 Å². The fourth-order valence-corrected chi connectivity index (χ4v) is 2.68. The van der Waals surface area contributed by atoms with Crippen LogP contribution >= 0.6 is 15.9 Å². The molecule has 2 rings (SSSR count). The first-order valence-electron chi connectivity index (χ1n) is 7.57. The average Bonchev–Trinajstić information content (AvgIpc) is 2.66. The minimum atomic E-state index is -0.386. The van der Waals surface area contributed by atoms with Crippen LogP contribution in [0.3, 0.4) is 0 Å². The lowest BCUT2D eigenvalue weighted by atomic mass is 10.2. The number of methoxy groups -OCH3 is 3. The van der Waals surface area contributed by atoms with Gasteiger partial charge in [0.1, 0.15) is 11.5 Å². The van der Waals surface area contributed by atoms with Crippen molar-refractivity contribution < 1.29 is 23.7 Å². The molecule has 0 radical (unpaired) electrons. The zero-order valence-corrected chi connectivity index (χ0v) is 16.2. The maximum Gasteiger partial charge on any atom is 0.277 e. The van der Waals surface area contributed by atoms with Crippen LogP contribution in [0.5, 0.6) is 23.0 Å². The molecule has 7 nitrogen and oxygen atoms in total. The first-order valence-corrected chi connectivity index (χ1v) is 8.37. The van der Waals surface area contributed by atoms with Gasteiger partial charge in [0.05, 0.1) is 32.0 Å². The Hall–Kier alpha value is -2.74. The van der Waals surface area contributed by atoms with E-state index in [4.69, 9.17) is 18.9 Å². The van der Waals surface area contributed by atoms with Gasteiger partial charge in [-0.2, -0.15) is 5.10 Å². The number of ether oxygens (including phenoxy) is 4. The Kier molecular flexibility index (Phi) is 7.28. The molecule has 138 valence electrons. The number of amides is 1. The van der Waals surface area contributed by atoms with Crippen LogP contribution in [0, 0.1) is 0 Å².